The molecule has 142 valence electrons. The summed E-state index contributed by atoms with van der Waals surface area (Å²) in [5.74, 6) is 1.01. The second-order valence-corrected chi connectivity index (χ2v) is 11.0. The van der Waals surface area contributed by atoms with Crippen LogP contribution < -0.4 is 5.32 Å². The lowest BCUT2D eigenvalue weighted by atomic mass is 9.73. The number of guanidine groups is 1. The molecule has 2 aliphatic rings. The monoisotopic (exact) mass is 471 g/mol. The van der Waals surface area contributed by atoms with Crippen LogP contribution in [0.15, 0.2) is 4.99 Å². The van der Waals surface area contributed by atoms with Gasteiger partial charge in [0.15, 0.2) is 15.8 Å². The molecule has 2 rings (SSSR count). The molecule has 1 aliphatic heterocycles. The molecule has 24 heavy (non-hydrogen) atoms. The van der Waals surface area contributed by atoms with Gasteiger partial charge in [-0.1, -0.05) is 19.3 Å². The van der Waals surface area contributed by atoms with Crippen molar-refractivity contribution in [2.24, 2.45) is 10.4 Å². The molecule has 1 N–H and O–H groups in total. The lowest BCUT2D eigenvalue weighted by Gasteiger charge is -2.33. The summed E-state index contributed by atoms with van der Waals surface area (Å²) in [5.41, 5.74) is 0.480. The van der Waals surface area contributed by atoms with E-state index in [0.29, 0.717) is 12.0 Å². The van der Waals surface area contributed by atoms with Crippen LogP contribution in [-0.4, -0.2) is 56.5 Å². The van der Waals surface area contributed by atoms with Gasteiger partial charge in [-0.2, -0.15) is 0 Å². The lowest BCUT2D eigenvalue weighted by molar-refractivity contribution is 0.203. The number of halogens is 1. The molecule has 1 saturated heterocycles. The maximum absolute atomic E-state index is 12.2. The number of aliphatic imine (C=N–C) groups is 1. The van der Waals surface area contributed by atoms with Crippen molar-refractivity contribution < 1.29 is 8.42 Å². The summed E-state index contributed by atoms with van der Waals surface area (Å²) < 4.78 is 23.7. The molecule has 0 atom stereocenters. The van der Waals surface area contributed by atoms with Crippen molar-refractivity contribution in [3.05, 3.63) is 0 Å². The Hall–Kier alpha value is -0.0500. The van der Waals surface area contributed by atoms with E-state index in [1.54, 1.807) is 27.8 Å². The van der Waals surface area contributed by atoms with Crippen LogP contribution in [0.3, 0.4) is 0 Å². The highest BCUT2D eigenvalue weighted by Gasteiger charge is 2.39. The van der Waals surface area contributed by atoms with Crippen LogP contribution >= 0.6 is 24.0 Å². The van der Waals surface area contributed by atoms with Crippen LogP contribution in [0.4, 0.5) is 0 Å². The van der Waals surface area contributed by atoms with Gasteiger partial charge in [0, 0.05) is 26.7 Å². The summed E-state index contributed by atoms with van der Waals surface area (Å²) in [6, 6.07) is 0. The highest BCUT2D eigenvalue weighted by molar-refractivity contribution is 14.0. The van der Waals surface area contributed by atoms with Gasteiger partial charge in [-0.3, -0.25) is 4.99 Å². The molecule has 2 fully saturated rings. The number of nitrogens with one attached hydrogen (secondary N) is 1. The van der Waals surface area contributed by atoms with Gasteiger partial charge in [0.2, 0.25) is 0 Å². The minimum absolute atomic E-state index is 0. The fourth-order valence-corrected chi connectivity index (χ4v) is 4.74. The topological polar surface area (TPSA) is 61.8 Å². The van der Waals surface area contributed by atoms with Crippen molar-refractivity contribution in [1.82, 2.24) is 10.2 Å². The molecule has 0 radical (unpaired) electrons. The molecule has 1 heterocycles. The maximum Gasteiger partial charge on any atom is 0.193 e. The number of likely N-dealkylation sites (tertiary alicyclic amines) is 1. The lowest BCUT2D eigenvalue weighted by Crippen LogP contribution is -2.44. The molecule has 1 spiro atoms. The molecule has 1 saturated carbocycles. The third kappa shape index (κ3) is 5.22. The van der Waals surface area contributed by atoms with Crippen LogP contribution in [0, 0.1) is 5.41 Å². The molecule has 1 aliphatic carbocycles. The van der Waals surface area contributed by atoms with Gasteiger partial charge < -0.3 is 10.2 Å². The van der Waals surface area contributed by atoms with Crippen molar-refractivity contribution in [1.29, 1.82) is 0 Å². The number of rotatable bonds is 3. The Morgan fingerprint density at radius 3 is 2.33 bits per heavy atom. The predicted molar refractivity (Wildman–Crippen MR) is 112 cm³/mol. The maximum atomic E-state index is 12.2. The standard InChI is InChI=1S/C17H33N3O2S.HI/c1-16(2,3)23(21,22)13-11-19-15(18-4)20-12-10-17(14-20)8-6-5-7-9-17;/h5-14H2,1-4H3,(H,18,19);1H. The number of hydrogen-bond donors (Lipinski definition) is 1. The second kappa shape index (κ2) is 8.56. The first kappa shape index (κ1) is 22.0. The summed E-state index contributed by atoms with van der Waals surface area (Å²) in [6.45, 7) is 7.79. The van der Waals surface area contributed by atoms with E-state index in [9.17, 15) is 8.42 Å². The average Bonchev–Trinajstić information content (AvgIpc) is 2.86. The largest absolute Gasteiger partial charge is 0.355 e. The fraction of sp³-hybridized carbons (Fsp3) is 0.941. The average molecular weight is 471 g/mol. The van der Waals surface area contributed by atoms with Crippen molar-refractivity contribution in [3.8, 4) is 0 Å². The van der Waals surface area contributed by atoms with Crippen LogP contribution in [0.1, 0.15) is 59.3 Å². The van der Waals surface area contributed by atoms with Crippen LogP contribution in [-0.2, 0) is 9.84 Å². The van der Waals surface area contributed by atoms with Gasteiger partial charge in [0.25, 0.3) is 0 Å². The summed E-state index contributed by atoms with van der Waals surface area (Å²) in [7, 11) is -1.30. The van der Waals surface area contributed by atoms with Gasteiger partial charge in [-0.25, -0.2) is 8.42 Å². The first-order valence-corrected chi connectivity index (χ1v) is 10.5. The van der Waals surface area contributed by atoms with Gasteiger partial charge >= 0.3 is 0 Å². The first-order valence-electron chi connectivity index (χ1n) is 8.87. The van der Waals surface area contributed by atoms with Crippen LogP contribution in [0.2, 0.25) is 0 Å². The van der Waals surface area contributed by atoms with Crippen molar-refractivity contribution in [2.75, 3.05) is 32.4 Å². The minimum Gasteiger partial charge on any atom is -0.355 e. The van der Waals surface area contributed by atoms with E-state index in [1.807, 2.05) is 0 Å². The Morgan fingerprint density at radius 2 is 1.79 bits per heavy atom. The Morgan fingerprint density at radius 1 is 1.17 bits per heavy atom. The van der Waals surface area contributed by atoms with E-state index >= 15 is 0 Å². The van der Waals surface area contributed by atoms with Gasteiger partial charge in [0.05, 0.1) is 10.5 Å². The summed E-state index contributed by atoms with van der Waals surface area (Å²) in [6.07, 6.45) is 7.98. The number of nitrogens with zero attached hydrogens (tertiary/aromatic N) is 2. The first-order chi connectivity index (χ1) is 10.7. The Labute approximate surface area is 165 Å². The van der Waals surface area contributed by atoms with Crippen LogP contribution in [0.5, 0.6) is 0 Å². The smallest absolute Gasteiger partial charge is 0.193 e. The number of sulfone groups is 1. The molecule has 5 nitrogen and oxygen atoms in total. The van der Waals surface area contributed by atoms with E-state index < -0.39 is 14.6 Å². The highest BCUT2D eigenvalue weighted by atomic mass is 127. The molecule has 0 bridgehead atoms. The zero-order valence-electron chi connectivity index (χ0n) is 15.6. The second-order valence-electron chi connectivity index (χ2n) is 8.14. The third-order valence-electron chi connectivity index (χ3n) is 5.45. The zero-order chi connectivity index (χ0) is 17.1. The third-order valence-corrected chi connectivity index (χ3v) is 8.06. The van der Waals surface area contributed by atoms with E-state index in [4.69, 9.17) is 0 Å². The van der Waals surface area contributed by atoms with Crippen molar-refractivity contribution in [2.45, 2.75) is 64.0 Å². The summed E-state index contributed by atoms with van der Waals surface area (Å²) >= 11 is 0. The molecular formula is C17H34IN3O2S. The summed E-state index contributed by atoms with van der Waals surface area (Å²) in [5, 5.41) is 3.26. The van der Waals surface area contributed by atoms with E-state index in [0.717, 1.165) is 19.0 Å². The quantitative estimate of drug-likeness (QED) is 0.391. The normalized spacial score (nSPS) is 21.7. The molecule has 0 aromatic carbocycles. The van der Waals surface area contributed by atoms with E-state index in [1.165, 1.54) is 38.5 Å². The van der Waals surface area contributed by atoms with E-state index in [-0.39, 0.29) is 29.7 Å². The molecule has 0 amide bonds. The molecule has 0 aromatic heterocycles. The fourth-order valence-electron chi connectivity index (χ4n) is 3.76. The predicted octanol–water partition coefficient (Wildman–Crippen LogP) is 3.05. The molecule has 0 unspecified atom stereocenters. The Bertz CT molecular complexity index is 535. The Balaban J connectivity index is 0.00000288. The molecule has 7 heteroatoms. The SMILES string of the molecule is CN=C(NCCS(=O)(=O)C(C)(C)C)N1CCC2(CCCCC2)C1.I. The molecular weight excluding hydrogens is 437 g/mol. The van der Waals surface area contributed by atoms with Crippen molar-refractivity contribution >= 4 is 39.8 Å². The molecule has 0 aromatic rings. The van der Waals surface area contributed by atoms with Gasteiger partial charge in [0.1, 0.15) is 0 Å². The number of hydrogen-bond acceptors (Lipinski definition) is 3. The van der Waals surface area contributed by atoms with Crippen LogP contribution in [0.25, 0.3) is 0 Å². The van der Waals surface area contributed by atoms with E-state index in [2.05, 4.69) is 15.2 Å². The van der Waals surface area contributed by atoms with Gasteiger partial charge in [-0.05, 0) is 45.4 Å². The van der Waals surface area contributed by atoms with Crippen molar-refractivity contribution in [3.63, 3.8) is 0 Å². The van der Waals surface area contributed by atoms with Gasteiger partial charge in [-0.15, -0.1) is 24.0 Å². The minimum atomic E-state index is -3.09. The summed E-state index contributed by atoms with van der Waals surface area (Å²) in [4.78, 5) is 6.68. The highest BCUT2D eigenvalue weighted by Crippen LogP contribution is 2.43. The zero-order valence-corrected chi connectivity index (χ0v) is 18.7. The Kier molecular flexibility index (Phi) is 7.84.